The third kappa shape index (κ3) is 4.23. The summed E-state index contributed by atoms with van der Waals surface area (Å²) in [6, 6.07) is 16.7. The molecule has 3 aromatic rings. The van der Waals surface area contributed by atoms with Gasteiger partial charge in [-0.2, -0.15) is 5.10 Å². The Morgan fingerprint density at radius 3 is 2.62 bits per heavy atom. The van der Waals surface area contributed by atoms with Crippen LogP contribution in [0.15, 0.2) is 65.7 Å². The molecule has 1 aromatic heterocycles. The number of rotatable bonds is 7. The fraction of sp³-hybridized carbons (Fsp3) is 0.263. The normalized spacial score (nSPS) is 12.1. The number of aryl methyl sites for hydroxylation is 1. The van der Waals surface area contributed by atoms with Crippen LogP contribution in [0.2, 0.25) is 0 Å². The SMILES string of the molecule is COc1ccccc1CCC(Cn1cncn1)c1ccc(Br)cc1. The third-order valence-corrected chi connectivity index (χ3v) is 4.70. The fourth-order valence-corrected chi connectivity index (χ4v) is 3.15. The number of aromatic nitrogens is 3. The zero-order valence-corrected chi connectivity index (χ0v) is 15.2. The Kier molecular flexibility index (Phi) is 5.64. The first-order valence-corrected chi connectivity index (χ1v) is 8.75. The number of ether oxygens (including phenoxy) is 1. The molecule has 1 unspecified atom stereocenters. The van der Waals surface area contributed by atoms with Crippen molar-refractivity contribution in [1.29, 1.82) is 0 Å². The second-order valence-corrected chi connectivity index (χ2v) is 6.63. The zero-order chi connectivity index (χ0) is 16.8. The first-order chi connectivity index (χ1) is 11.8. The topological polar surface area (TPSA) is 39.9 Å². The number of hydrogen-bond donors (Lipinski definition) is 0. The Hall–Kier alpha value is -2.14. The summed E-state index contributed by atoms with van der Waals surface area (Å²) in [7, 11) is 1.72. The lowest BCUT2D eigenvalue weighted by molar-refractivity contribution is 0.406. The molecule has 1 heterocycles. The minimum absolute atomic E-state index is 0.365. The summed E-state index contributed by atoms with van der Waals surface area (Å²) in [6.07, 6.45) is 5.33. The largest absolute Gasteiger partial charge is 0.496 e. The van der Waals surface area contributed by atoms with Crippen LogP contribution in [0, 0.1) is 0 Å². The van der Waals surface area contributed by atoms with Gasteiger partial charge in [0.1, 0.15) is 18.4 Å². The van der Waals surface area contributed by atoms with Gasteiger partial charge in [0.2, 0.25) is 0 Å². The summed E-state index contributed by atoms with van der Waals surface area (Å²) >= 11 is 3.51. The van der Waals surface area contributed by atoms with Crippen molar-refractivity contribution in [3.8, 4) is 5.75 Å². The lowest BCUT2D eigenvalue weighted by Gasteiger charge is -2.18. The fourth-order valence-electron chi connectivity index (χ4n) is 2.89. The molecule has 0 aliphatic rings. The van der Waals surface area contributed by atoms with Crippen molar-refractivity contribution in [2.75, 3.05) is 7.11 Å². The molecule has 2 aromatic carbocycles. The maximum atomic E-state index is 5.47. The lowest BCUT2D eigenvalue weighted by Crippen LogP contribution is -2.11. The molecule has 0 amide bonds. The lowest BCUT2D eigenvalue weighted by atomic mass is 9.92. The predicted octanol–water partition coefficient (Wildman–Crippen LogP) is 4.47. The molecule has 0 bridgehead atoms. The van der Waals surface area contributed by atoms with Gasteiger partial charge in [0.25, 0.3) is 0 Å². The average molecular weight is 386 g/mol. The Morgan fingerprint density at radius 1 is 1.12 bits per heavy atom. The van der Waals surface area contributed by atoms with E-state index in [0.717, 1.165) is 29.6 Å². The van der Waals surface area contributed by atoms with E-state index in [4.69, 9.17) is 4.74 Å². The smallest absolute Gasteiger partial charge is 0.137 e. The molecule has 0 aliphatic heterocycles. The highest BCUT2D eigenvalue weighted by molar-refractivity contribution is 9.10. The van der Waals surface area contributed by atoms with Crippen LogP contribution in [0.3, 0.4) is 0 Å². The Balaban J connectivity index is 1.77. The number of benzene rings is 2. The zero-order valence-electron chi connectivity index (χ0n) is 13.6. The van der Waals surface area contributed by atoms with Crippen LogP contribution in [0.1, 0.15) is 23.5 Å². The van der Waals surface area contributed by atoms with E-state index in [1.165, 1.54) is 11.1 Å². The molecule has 1 atom stereocenters. The van der Waals surface area contributed by atoms with E-state index in [2.05, 4.69) is 62.4 Å². The van der Waals surface area contributed by atoms with Gasteiger partial charge >= 0.3 is 0 Å². The summed E-state index contributed by atoms with van der Waals surface area (Å²) in [5, 5.41) is 4.26. The molecule has 0 fully saturated rings. The maximum absolute atomic E-state index is 5.47. The van der Waals surface area contributed by atoms with Gasteiger partial charge < -0.3 is 4.74 Å². The highest BCUT2D eigenvalue weighted by Gasteiger charge is 2.14. The molecule has 5 heteroatoms. The second kappa shape index (κ2) is 8.11. The van der Waals surface area contributed by atoms with E-state index < -0.39 is 0 Å². The van der Waals surface area contributed by atoms with Gasteiger partial charge in [-0.15, -0.1) is 0 Å². The molecule has 0 saturated carbocycles. The monoisotopic (exact) mass is 385 g/mol. The molecule has 24 heavy (non-hydrogen) atoms. The van der Waals surface area contributed by atoms with Gasteiger partial charge in [0, 0.05) is 16.9 Å². The number of hydrogen-bond acceptors (Lipinski definition) is 3. The standard InChI is InChI=1S/C19H20BrN3O/c1-24-19-5-3-2-4-16(19)6-7-17(12-23-14-21-13-22-23)15-8-10-18(20)11-9-15/h2-5,8-11,13-14,17H,6-7,12H2,1H3. The molecule has 0 aliphatic carbocycles. The van der Waals surface area contributed by atoms with Crippen molar-refractivity contribution < 1.29 is 4.74 Å². The quantitative estimate of drug-likeness (QED) is 0.602. The Bertz CT molecular complexity index is 757. The predicted molar refractivity (Wildman–Crippen MR) is 98.2 cm³/mol. The molecule has 4 nitrogen and oxygen atoms in total. The van der Waals surface area contributed by atoms with E-state index >= 15 is 0 Å². The summed E-state index contributed by atoms with van der Waals surface area (Å²) < 4.78 is 8.46. The van der Waals surface area contributed by atoms with E-state index in [0.29, 0.717) is 5.92 Å². The molecular weight excluding hydrogens is 366 g/mol. The van der Waals surface area contributed by atoms with E-state index in [1.54, 1.807) is 19.8 Å². The molecule has 0 spiro atoms. The number of halogens is 1. The van der Waals surface area contributed by atoms with Crippen LogP contribution in [0.5, 0.6) is 5.75 Å². The highest BCUT2D eigenvalue weighted by Crippen LogP contribution is 2.27. The van der Waals surface area contributed by atoms with Gasteiger partial charge in [-0.1, -0.05) is 46.3 Å². The van der Waals surface area contributed by atoms with Gasteiger partial charge in [-0.25, -0.2) is 4.98 Å². The summed E-state index contributed by atoms with van der Waals surface area (Å²) in [4.78, 5) is 4.05. The highest BCUT2D eigenvalue weighted by atomic mass is 79.9. The van der Waals surface area contributed by atoms with Crippen LogP contribution in [0.25, 0.3) is 0 Å². The Morgan fingerprint density at radius 2 is 1.92 bits per heavy atom. The van der Waals surface area contributed by atoms with Gasteiger partial charge in [0.15, 0.2) is 0 Å². The van der Waals surface area contributed by atoms with Gasteiger partial charge in [-0.05, 0) is 42.2 Å². The van der Waals surface area contributed by atoms with Gasteiger partial charge in [0.05, 0.1) is 7.11 Å². The summed E-state index contributed by atoms with van der Waals surface area (Å²) in [6.45, 7) is 0.816. The van der Waals surface area contributed by atoms with Crippen LogP contribution in [-0.4, -0.2) is 21.9 Å². The van der Waals surface area contributed by atoms with Crippen molar-refractivity contribution in [3.63, 3.8) is 0 Å². The molecule has 3 rings (SSSR count). The Labute approximate surface area is 150 Å². The summed E-state index contributed by atoms with van der Waals surface area (Å²) in [5.74, 6) is 1.32. The second-order valence-electron chi connectivity index (χ2n) is 5.72. The van der Waals surface area contributed by atoms with E-state index in [1.807, 2.05) is 16.8 Å². The van der Waals surface area contributed by atoms with Crippen LogP contribution in [0.4, 0.5) is 0 Å². The maximum Gasteiger partial charge on any atom is 0.137 e. The molecular formula is C19H20BrN3O. The molecule has 0 N–H and O–H groups in total. The third-order valence-electron chi connectivity index (χ3n) is 4.17. The van der Waals surface area contributed by atoms with Crippen LogP contribution < -0.4 is 4.74 Å². The van der Waals surface area contributed by atoms with Crippen molar-refractivity contribution in [2.45, 2.75) is 25.3 Å². The molecule has 0 saturated heterocycles. The molecule has 0 radical (unpaired) electrons. The first-order valence-electron chi connectivity index (χ1n) is 7.96. The van der Waals surface area contributed by atoms with Gasteiger partial charge in [-0.3, -0.25) is 4.68 Å². The van der Waals surface area contributed by atoms with E-state index in [9.17, 15) is 0 Å². The number of methoxy groups -OCH3 is 1. The minimum atomic E-state index is 0.365. The van der Waals surface area contributed by atoms with Crippen molar-refractivity contribution in [3.05, 3.63) is 76.8 Å². The van der Waals surface area contributed by atoms with Crippen LogP contribution >= 0.6 is 15.9 Å². The van der Waals surface area contributed by atoms with E-state index in [-0.39, 0.29) is 0 Å². The van der Waals surface area contributed by atoms with Crippen LogP contribution in [-0.2, 0) is 13.0 Å². The minimum Gasteiger partial charge on any atom is -0.496 e. The average Bonchev–Trinajstić information content (AvgIpc) is 3.13. The summed E-state index contributed by atoms with van der Waals surface area (Å²) in [5.41, 5.74) is 2.55. The number of para-hydroxylation sites is 1. The van der Waals surface area contributed by atoms with Crippen molar-refractivity contribution in [2.24, 2.45) is 0 Å². The van der Waals surface area contributed by atoms with Crippen molar-refractivity contribution >= 4 is 15.9 Å². The van der Waals surface area contributed by atoms with Crippen molar-refractivity contribution in [1.82, 2.24) is 14.8 Å². The molecule has 124 valence electrons. The first kappa shape index (κ1) is 16.7. The number of nitrogens with zero attached hydrogens (tertiary/aromatic N) is 3.